The molecule has 0 nitrogen and oxygen atoms in total. The van der Waals surface area contributed by atoms with Gasteiger partial charge in [0.2, 0.25) is 0 Å². The largest absolute Gasteiger partial charge is 0.0622 e. The minimum absolute atomic E-state index is 1.25. The third kappa shape index (κ3) is 3.33. The summed E-state index contributed by atoms with van der Waals surface area (Å²) in [4.78, 5) is 0. The number of benzene rings is 11. The second-order valence-corrected chi connectivity index (χ2v) is 14.8. The van der Waals surface area contributed by atoms with Crippen LogP contribution in [0.25, 0.3) is 131 Å². The summed E-state index contributed by atoms with van der Waals surface area (Å²) in [6.45, 7) is 0. The fourth-order valence-corrected chi connectivity index (χ4v) is 10.0. The van der Waals surface area contributed by atoms with Gasteiger partial charge in [-0.25, -0.2) is 0 Å². The Kier molecular flexibility index (Phi) is 4.94. The molecule has 2 aliphatic rings. The van der Waals surface area contributed by atoms with Gasteiger partial charge >= 0.3 is 0 Å². The highest BCUT2D eigenvalue weighted by Gasteiger charge is 2.27. The molecule has 52 heavy (non-hydrogen) atoms. The summed E-state index contributed by atoms with van der Waals surface area (Å²) in [5.41, 5.74) is 13.2. The van der Waals surface area contributed by atoms with E-state index in [9.17, 15) is 0 Å². The molecular weight excluding hydrogens is 625 g/mol. The Morgan fingerprint density at radius 2 is 0.654 bits per heavy atom. The van der Waals surface area contributed by atoms with Gasteiger partial charge in [-0.2, -0.15) is 0 Å². The van der Waals surface area contributed by atoms with Crippen molar-refractivity contribution in [1.82, 2.24) is 0 Å². The summed E-state index contributed by atoms with van der Waals surface area (Å²) in [7, 11) is 0. The van der Waals surface area contributed by atoms with Crippen LogP contribution in [0.15, 0.2) is 170 Å². The van der Waals surface area contributed by atoms with Crippen LogP contribution in [0, 0.1) is 0 Å². The van der Waals surface area contributed by atoms with Crippen molar-refractivity contribution in [3.63, 3.8) is 0 Å². The summed E-state index contributed by atoms with van der Waals surface area (Å²) in [5, 5.41) is 18.5. The number of rotatable bonds is 1. The standard InChI is InChI=1S/C52H28/c1-2-10-29(11-3-1)40-25-43-35(44-27-46-39-19-9-17-37-34-15-7-5-13-31(34)24-50(52(37)39)48(46)28-47(40)44)21-20-32-22-42-45(26-41(32)43)38-18-8-16-36-33-14-6-4-12-30(33)23-49(42)51(36)38/h1-28H. The van der Waals surface area contributed by atoms with E-state index in [1.807, 2.05) is 0 Å². The Morgan fingerprint density at radius 3 is 1.33 bits per heavy atom. The predicted molar refractivity (Wildman–Crippen MR) is 223 cm³/mol. The molecule has 0 aromatic heterocycles. The van der Waals surface area contributed by atoms with Crippen LogP contribution in [0.3, 0.4) is 0 Å². The molecule has 11 aromatic carbocycles. The van der Waals surface area contributed by atoms with E-state index in [2.05, 4.69) is 170 Å². The first kappa shape index (κ1) is 27.0. The van der Waals surface area contributed by atoms with E-state index >= 15 is 0 Å². The fourth-order valence-electron chi connectivity index (χ4n) is 10.0. The molecule has 13 rings (SSSR count). The molecule has 0 heterocycles. The maximum atomic E-state index is 2.50. The second-order valence-electron chi connectivity index (χ2n) is 14.8. The lowest BCUT2D eigenvalue weighted by Crippen LogP contribution is -1.89. The first-order valence-electron chi connectivity index (χ1n) is 18.3. The van der Waals surface area contributed by atoms with Gasteiger partial charge in [0.05, 0.1) is 0 Å². The first-order chi connectivity index (χ1) is 25.8. The molecule has 0 N–H and O–H groups in total. The molecule has 0 unspecified atom stereocenters. The molecule has 0 atom stereocenters. The Morgan fingerprint density at radius 1 is 0.192 bits per heavy atom. The van der Waals surface area contributed by atoms with Gasteiger partial charge in [-0.15, -0.1) is 0 Å². The molecular formula is C52H28. The lowest BCUT2D eigenvalue weighted by molar-refractivity contribution is 1.67. The molecule has 0 aliphatic heterocycles. The minimum Gasteiger partial charge on any atom is -0.0622 e. The Balaban J connectivity index is 1.14. The van der Waals surface area contributed by atoms with Crippen LogP contribution in [-0.2, 0) is 0 Å². The molecule has 0 saturated heterocycles. The van der Waals surface area contributed by atoms with Crippen molar-refractivity contribution in [3.05, 3.63) is 170 Å². The Labute approximate surface area is 299 Å². The zero-order chi connectivity index (χ0) is 33.7. The molecule has 0 bridgehead atoms. The first-order valence-corrected chi connectivity index (χ1v) is 18.3. The third-order valence-corrected chi connectivity index (χ3v) is 12.2. The van der Waals surface area contributed by atoms with Gasteiger partial charge in [-0.1, -0.05) is 127 Å². The molecule has 0 radical (unpaired) electrons. The predicted octanol–water partition coefficient (Wildman–Crippen LogP) is 14.7. The van der Waals surface area contributed by atoms with Crippen molar-refractivity contribution in [1.29, 1.82) is 0 Å². The molecule has 0 spiro atoms. The highest BCUT2D eigenvalue weighted by Crippen LogP contribution is 2.54. The maximum Gasteiger partial charge on any atom is -0.00199 e. The Bertz CT molecular complexity index is 3440. The zero-order valence-electron chi connectivity index (χ0n) is 28.2. The minimum atomic E-state index is 1.25. The molecule has 0 fully saturated rings. The van der Waals surface area contributed by atoms with Crippen molar-refractivity contribution in [2.24, 2.45) is 0 Å². The third-order valence-electron chi connectivity index (χ3n) is 12.2. The van der Waals surface area contributed by atoms with Crippen molar-refractivity contribution in [3.8, 4) is 55.6 Å². The van der Waals surface area contributed by atoms with Crippen LogP contribution in [0.2, 0.25) is 0 Å². The van der Waals surface area contributed by atoms with Gasteiger partial charge in [-0.3, -0.25) is 0 Å². The van der Waals surface area contributed by atoms with Crippen LogP contribution < -0.4 is 0 Å². The fraction of sp³-hybridized carbons (Fsp3) is 0. The molecule has 0 amide bonds. The monoisotopic (exact) mass is 652 g/mol. The van der Waals surface area contributed by atoms with E-state index in [-0.39, 0.29) is 0 Å². The summed E-state index contributed by atoms with van der Waals surface area (Å²) in [6.07, 6.45) is 0. The average Bonchev–Trinajstić information content (AvgIpc) is 3.68. The van der Waals surface area contributed by atoms with Crippen LogP contribution >= 0.6 is 0 Å². The van der Waals surface area contributed by atoms with Crippen molar-refractivity contribution >= 4 is 75.4 Å². The molecule has 236 valence electrons. The lowest BCUT2D eigenvalue weighted by Gasteiger charge is -2.16. The van der Waals surface area contributed by atoms with Gasteiger partial charge in [0.15, 0.2) is 0 Å². The summed E-state index contributed by atoms with van der Waals surface area (Å²) in [6, 6.07) is 64.3. The summed E-state index contributed by atoms with van der Waals surface area (Å²) in [5.74, 6) is 0. The summed E-state index contributed by atoms with van der Waals surface area (Å²) < 4.78 is 0. The second kappa shape index (κ2) is 9.51. The SMILES string of the molecule is c1ccc(-c2cc3c4cc5c(cc4ccc3c3cc4c(cc23)-c2cc3ccccc3c3cccc-4c23)-c2cc3ccccc3c3cccc-5c23)cc1. The van der Waals surface area contributed by atoms with E-state index in [4.69, 9.17) is 0 Å². The van der Waals surface area contributed by atoms with Gasteiger partial charge in [0.1, 0.15) is 0 Å². The number of hydrogen-bond donors (Lipinski definition) is 0. The lowest BCUT2D eigenvalue weighted by atomic mass is 9.87. The maximum absolute atomic E-state index is 2.50. The highest BCUT2D eigenvalue weighted by atomic mass is 14.3. The highest BCUT2D eigenvalue weighted by molar-refractivity contribution is 6.30. The average molecular weight is 653 g/mol. The normalized spacial score (nSPS) is 12.6. The smallest absolute Gasteiger partial charge is 0.00199 e. The van der Waals surface area contributed by atoms with Gasteiger partial charge < -0.3 is 0 Å². The van der Waals surface area contributed by atoms with Crippen molar-refractivity contribution < 1.29 is 0 Å². The van der Waals surface area contributed by atoms with Crippen molar-refractivity contribution in [2.75, 3.05) is 0 Å². The van der Waals surface area contributed by atoms with E-state index in [0.717, 1.165) is 0 Å². The van der Waals surface area contributed by atoms with E-state index in [0.29, 0.717) is 0 Å². The topological polar surface area (TPSA) is 0 Å². The van der Waals surface area contributed by atoms with Crippen LogP contribution in [0.5, 0.6) is 0 Å². The number of hydrogen-bond acceptors (Lipinski definition) is 0. The molecule has 0 heteroatoms. The van der Waals surface area contributed by atoms with E-state index in [1.165, 1.54) is 131 Å². The molecule has 2 aliphatic carbocycles. The van der Waals surface area contributed by atoms with Gasteiger partial charge in [-0.05, 0) is 174 Å². The Hall–Kier alpha value is -6.76. The summed E-state index contributed by atoms with van der Waals surface area (Å²) >= 11 is 0. The number of fused-ring (bicyclic) bond motifs is 15. The molecule has 0 saturated carbocycles. The van der Waals surface area contributed by atoms with E-state index < -0.39 is 0 Å². The van der Waals surface area contributed by atoms with Crippen LogP contribution in [-0.4, -0.2) is 0 Å². The zero-order valence-corrected chi connectivity index (χ0v) is 28.2. The molecule has 11 aromatic rings. The van der Waals surface area contributed by atoms with Gasteiger partial charge in [0.25, 0.3) is 0 Å². The van der Waals surface area contributed by atoms with Crippen molar-refractivity contribution in [2.45, 2.75) is 0 Å². The van der Waals surface area contributed by atoms with E-state index in [1.54, 1.807) is 0 Å². The van der Waals surface area contributed by atoms with Crippen LogP contribution in [0.1, 0.15) is 0 Å². The van der Waals surface area contributed by atoms with Crippen LogP contribution in [0.4, 0.5) is 0 Å². The van der Waals surface area contributed by atoms with Gasteiger partial charge in [0, 0.05) is 0 Å². The quantitative estimate of drug-likeness (QED) is 0.155.